The van der Waals surface area contributed by atoms with Gasteiger partial charge in [-0.2, -0.15) is 0 Å². The summed E-state index contributed by atoms with van der Waals surface area (Å²) in [6, 6.07) is 5.72. The zero-order valence-corrected chi connectivity index (χ0v) is 6.59. The number of hydrogen-bond donors (Lipinski definition) is 1. The van der Waals surface area contributed by atoms with E-state index in [1.54, 1.807) is 12.4 Å². The van der Waals surface area contributed by atoms with Crippen LogP contribution >= 0.6 is 0 Å². The van der Waals surface area contributed by atoms with E-state index in [0.717, 1.165) is 0 Å². The number of carbonyl (C=O) groups excluding carboxylic acids is 1. The first kappa shape index (κ1) is 10.6. The fourth-order valence-electron chi connectivity index (χ4n) is 0.413. The number of nitrogens with zero attached hydrogens (tertiary/aromatic N) is 1. The van der Waals surface area contributed by atoms with Gasteiger partial charge < -0.3 is 9.84 Å². The summed E-state index contributed by atoms with van der Waals surface area (Å²) in [5.74, 6) is 0. The molecule has 0 radical (unpaired) electrons. The van der Waals surface area contributed by atoms with Crippen molar-refractivity contribution in [3.63, 3.8) is 0 Å². The highest BCUT2D eigenvalue weighted by Crippen LogP contribution is 1.73. The van der Waals surface area contributed by atoms with Gasteiger partial charge in [-0.15, -0.1) is 0 Å². The van der Waals surface area contributed by atoms with E-state index in [9.17, 15) is 4.79 Å². The Morgan fingerprint density at radius 3 is 2.17 bits per heavy atom. The van der Waals surface area contributed by atoms with Crippen LogP contribution < -0.4 is 0 Å². The maximum absolute atomic E-state index is 9.23. The molecule has 1 aromatic rings. The van der Waals surface area contributed by atoms with E-state index in [4.69, 9.17) is 5.11 Å². The number of rotatable bonds is 3. The van der Waals surface area contributed by atoms with Crippen LogP contribution in [-0.4, -0.2) is 29.8 Å². The van der Waals surface area contributed by atoms with Crippen LogP contribution in [0.3, 0.4) is 0 Å². The van der Waals surface area contributed by atoms with Crippen LogP contribution in [0, 0.1) is 0 Å². The number of aliphatic hydroxyl groups is 1. The highest BCUT2D eigenvalue weighted by atomic mass is 16.5. The van der Waals surface area contributed by atoms with Gasteiger partial charge in [-0.25, -0.2) is 0 Å². The second kappa shape index (κ2) is 9.58. The van der Waals surface area contributed by atoms with E-state index < -0.39 is 0 Å². The number of carbonyl (C=O) groups is 1. The lowest BCUT2D eigenvalue weighted by atomic mass is 10.5. The molecule has 0 saturated heterocycles. The summed E-state index contributed by atoms with van der Waals surface area (Å²) in [5.41, 5.74) is 0. The van der Waals surface area contributed by atoms with Crippen LogP contribution in [0.4, 0.5) is 0 Å². The van der Waals surface area contributed by atoms with Gasteiger partial charge in [0.05, 0.1) is 6.61 Å². The Hall–Kier alpha value is -1.42. The van der Waals surface area contributed by atoms with Crippen LogP contribution in [0.15, 0.2) is 30.6 Å². The summed E-state index contributed by atoms with van der Waals surface area (Å²) in [5, 5.41) is 7.91. The molecule has 0 atom stereocenters. The van der Waals surface area contributed by atoms with E-state index in [1.165, 1.54) is 0 Å². The molecule has 1 heterocycles. The Morgan fingerprint density at radius 2 is 2.00 bits per heavy atom. The summed E-state index contributed by atoms with van der Waals surface area (Å²) in [6.07, 6.45) is 3.50. The van der Waals surface area contributed by atoms with Crippen molar-refractivity contribution in [2.45, 2.75) is 0 Å². The van der Waals surface area contributed by atoms with Gasteiger partial charge in [-0.3, -0.25) is 9.78 Å². The Bertz CT molecular complexity index is 152. The van der Waals surface area contributed by atoms with Crippen molar-refractivity contribution in [3.8, 4) is 0 Å². The fraction of sp³-hybridized carbons (Fsp3) is 0.250. The predicted molar refractivity (Wildman–Crippen MR) is 43.3 cm³/mol. The van der Waals surface area contributed by atoms with Crippen LogP contribution in [0.5, 0.6) is 0 Å². The third kappa shape index (κ3) is 8.58. The summed E-state index contributed by atoms with van der Waals surface area (Å²) in [6.45, 7) is 0.304. The average molecular weight is 169 g/mol. The molecule has 4 heteroatoms. The second-order valence-electron chi connectivity index (χ2n) is 1.72. The molecule has 0 fully saturated rings. The largest absolute Gasteiger partial charge is 0.465 e. The first-order chi connectivity index (χ1) is 5.91. The van der Waals surface area contributed by atoms with Crippen LogP contribution in [-0.2, 0) is 9.53 Å². The van der Waals surface area contributed by atoms with Crippen molar-refractivity contribution in [1.82, 2.24) is 4.98 Å². The molecule has 0 unspecified atom stereocenters. The van der Waals surface area contributed by atoms with Crippen molar-refractivity contribution < 1.29 is 14.6 Å². The van der Waals surface area contributed by atoms with E-state index >= 15 is 0 Å². The van der Waals surface area contributed by atoms with E-state index in [0.29, 0.717) is 6.47 Å². The maximum atomic E-state index is 9.23. The van der Waals surface area contributed by atoms with E-state index in [1.807, 2.05) is 18.2 Å². The van der Waals surface area contributed by atoms with Gasteiger partial charge in [-0.1, -0.05) is 6.07 Å². The van der Waals surface area contributed by atoms with Crippen molar-refractivity contribution in [2.75, 3.05) is 13.2 Å². The van der Waals surface area contributed by atoms with Gasteiger partial charge >= 0.3 is 0 Å². The molecule has 12 heavy (non-hydrogen) atoms. The molecule has 4 nitrogen and oxygen atoms in total. The van der Waals surface area contributed by atoms with Gasteiger partial charge in [0.15, 0.2) is 0 Å². The van der Waals surface area contributed by atoms with Crippen LogP contribution in [0.25, 0.3) is 0 Å². The molecule has 0 spiro atoms. The van der Waals surface area contributed by atoms with Gasteiger partial charge in [0.2, 0.25) is 0 Å². The molecule has 0 aliphatic rings. The zero-order valence-electron chi connectivity index (χ0n) is 6.59. The number of hydrogen-bond acceptors (Lipinski definition) is 4. The monoisotopic (exact) mass is 169 g/mol. The normalized spacial score (nSPS) is 7.75. The van der Waals surface area contributed by atoms with Gasteiger partial charge in [-0.05, 0) is 12.1 Å². The molecular weight excluding hydrogens is 158 g/mol. The second-order valence-corrected chi connectivity index (χ2v) is 1.72. The lowest BCUT2D eigenvalue weighted by Crippen LogP contribution is -1.95. The van der Waals surface area contributed by atoms with Crippen molar-refractivity contribution in [3.05, 3.63) is 30.6 Å². The zero-order chi connectivity index (χ0) is 9.07. The van der Waals surface area contributed by atoms with Gasteiger partial charge in [0.1, 0.15) is 6.61 Å². The molecule has 0 aliphatic carbocycles. The van der Waals surface area contributed by atoms with E-state index in [2.05, 4.69) is 9.72 Å². The smallest absolute Gasteiger partial charge is 0.293 e. The number of ether oxygens (including phenoxy) is 1. The minimum Gasteiger partial charge on any atom is -0.465 e. The number of aliphatic hydroxyl groups excluding tert-OH is 1. The molecule has 0 bridgehead atoms. The Morgan fingerprint density at radius 1 is 1.33 bits per heavy atom. The molecule has 1 aromatic heterocycles. The lowest BCUT2D eigenvalue weighted by Gasteiger charge is -1.86. The Balaban J connectivity index is 0.000000202. The van der Waals surface area contributed by atoms with Crippen molar-refractivity contribution >= 4 is 6.47 Å². The van der Waals surface area contributed by atoms with Crippen LogP contribution in [0.2, 0.25) is 0 Å². The Kier molecular flexibility index (Phi) is 8.45. The minimum atomic E-state index is -0.0985. The predicted octanol–water partition coefficient (Wildman–Crippen LogP) is 0.233. The summed E-state index contributed by atoms with van der Waals surface area (Å²) in [7, 11) is 0. The summed E-state index contributed by atoms with van der Waals surface area (Å²) < 4.78 is 4.05. The SMILES string of the molecule is O=COCCO.c1ccncc1. The van der Waals surface area contributed by atoms with Gasteiger partial charge in [0, 0.05) is 12.4 Å². The highest BCUT2D eigenvalue weighted by Gasteiger charge is 1.72. The Labute approximate surface area is 70.8 Å². The topological polar surface area (TPSA) is 59.4 Å². The molecule has 1 rings (SSSR count). The quantitative estimate of drug-likeness (QED) is 0.520. The van der Waals surface area contributed by atoms with Crippen LogP contribution in [0.1, 0.15) is 0 Å². The van der Waals surface area contributed by atoms with Crippen molar-refractivity contribution in [1.29, 1.82) is 0 Å². The first-order valence-corrected chi connectivity index (χ1v) is 3.43. The minimum absolute atomic E-state index is 0.0985. The van der Waals surface area contributed by atoms with Gasteiger partial charge in [0.25, 0.3) is 6.47 Å². The molecule has 0 aromatic carbocycles. The lowest BCUT2D eigenvalue weighted by molar-refractivity contribution is -0.129. The number of aromatic nitrogens is 1. The molecule has 66 valence electrons. The molecule has 1 N–H and O–H groups in total. The molecule has 0 aliphatic heterocycles. The van der Waals surface area contributed by atoms with Crippen molar-refractivity contribution in [2.24, 2.45) is 0 Å². The third-order valence-corrected chi connectivity index (χ3v) is 0.844. The standard InChI is InChI=1S/C5H5N.C3H6O3/c1-2-4-6-5-3-1;4-1-2-6-3-5/h1-5H;3-4H,1-2H2. The summed E-state index contributed by atoms with van der Waals surface area (Å²) >= 11 is 0. The molecular formula is C8H11NO3. The van der Waals surface area contributed by atoms with E-state index in [-0.39, 0.29) is 13.2 Å². The maximum Gasteiger partial charge on any atom is 0.293 e. The third-order valence-electron chi connectivity index (χ3n) is 0.844. The number of pyridine rings is 1. The average Bonchev–Trinajstić information content (AvgIpc) is 2.18. The first-order valence-electron chi connectivity index (χ1n) is 3.43. The highest BCUT2D eigenvalue weighted by molar-refractivity contribution is 5.36. The molecule has 0 amide bonds. The fourth-order valence-corrected chi connectivity index (χ4v) is 0.413. The summed E-state index contributed by atoms with van der Waals surface area (Å²) in [4.78, 5) is 13.0. The molecule has 0 saturated carbocycles.